The van der Waals surface area contributed by atoms with Crippen LogP contribution < -0.4 is 10.7 Å². The molecule has 1 saturated heterocycles. The number of aromatic nitrogens is 2. The van der Waals surface area contributed by atoms with Gasteiger partial charge in [-0.05, 0) is 18.2 Å². The lowest BCUT2D eigenvalue weighted by Gasteiger charge is -2.21. The second-order valence-corrected chi connectivity index (χ2v) is 5.47. The number of hydrogen-bond acceptors (Lipinski definition) is 6. The predicted molar refractivity (Wildman–Crippen MR) is 84.8 cm³/mol. The number of rotatable bonds is 5. The highest BCUT2D eigenvalue weighted by Crippen LogP contribution is 2.24. The van der Waals surface area contributed by atoms with Crippen molar-refractivity contribution in [1.29, 1.82) is 0 Å². The van der Waals surface area contributed by atoms with Crippen LogP contribution in [0.2, 0.25) is 5.15 Å². The highest BCUT2D eigenvalue weighted by molar-refractivity contribution is 6.29. The van der Waals surface area contributed by atoms with Crippen LogP contribution in [0.5, 0.6) is 0 Å². The van der Waals surface area contributed by atoms with Gasteiger partial charge in [0.15, 0.2) is 11.3 Å². The van der Waals surface area contributed by atoms with Crippen LogP contribution >= 0.6 is 11.6 Å². The molecule has 0 bridgehead atoms. The van der Waals surface area contributed by atoms with E-state index >= 15 is 0 Å². The molecule has 0 amide bonds. The van der Waals surface area contributed by atoms with E-state index in [0.717, 1.165) is 16.8 Å². The standard InChI is InChI=1S/C14H15ClN6O2/c15-13-4-3-10(8-18-13)11-2-1-5-16-12(11)9-20-7-6-17-14(20)19-21(22)23/h1-5,8,14,17,19H,6-7,9H2. The lowest BCUT2D eigenvalue weighted by atomic mass is 10.1. The molecule has 23 heavy (non-hydrogen) atoms. The summed E-state index contributed by atoms with van der Waals surface area (Å²) in [6.07, 6.45) is 2.89. The van der Waals surface area contributed by atoms with Crippen molar-refractivity contribution in [2.45, 2.75) is 12.8 Å². The normalized spacial score (nSPS) is 18.0. The first-order valence-corrected chi connectivity index (χ1v) is 7.45. The number of nitro groups is 1. The summed E-state index contributed by atoms with van der Waals surface area (Å²) in [4.78, 5) is 21.1. The van der Waals surface area contributed by atoms with Crippen LogP contribution in [0.25, 0.3) is 11.1 Å². The molecule has 1 fully saturated rings. The molecule has 120 valence electrons. The van der Waals surface area contributed by atoms with Gasteiger partial charge in [0.2, 0.25) is 0 Å². The molecule has 0 aromatic carbocycles. The van der Waals surface area contributed by atoms with E-state index in [4.69, 9.17) is 11.6 Å². The van der Waals surface area contributed by atoms with Gasteiger partial charge in [0.25, 0.3) is 0 Å². The van der Waals surface area contributed by atoms with Gasteiger partial charge in [0.05, 0.1) is 5.69 Å². The third-order valence-electron chi connectivity index (χ3n) is 3.61. The summed E-state index contributed by atoms with van der Waals surface area (Å²) in [6, 6.07) is 7.40. The zero-order valence-corrected chi connectivity index (χ0v) is 12.9. The molecular weight excluding hydrogens is 320 g/mol. The van der Waals surface area contributed by atoms with Crippen molar-refractivity contribution in [3.05, 3.63) is 57.6 Å². The Balaban J connectivity index is 1.83. The van der Waals surface area contributed by atoms with Gasteiger partial charge in [0.1, 0.15) is 5.15 Å². The monoisotopic (exact) mass is 334 g/mol. The van der Waals surface area contributed by atoms with Crippen LogP contribution in [0.1, 0.15) is 5.69 Å². The minimum atomic E-state index is -0.543. The topological polar surface area (TPSA) is 96.2 Å². The minimum Gasteiger partial charge on any atom is -0.279 e. The highest BCUT2D eigenvalue weighted by Gasteiger charge is 2.28. The summed E-state index contributed by atoms with van der Waals surface area (Å²) in [5, 5.41) is 13.6. The smallest absolute Gasteiger partial charge is 0.192 e. The van der Waals surface area contributed by atoms with E-state index in [9.17, 15) is 10.1 Å². The molecular formula is C14H15ClN6O2. The first-order chi connectivity index (χ1) is 11.1. The molecule has 2 aromatic rings. The fourth-order valence-electron chi connectivity index (χ4n) is 2.55. The molecule has 1 aliphatic heterocycles. The highest BCUT2D eigenvalue weighted by atomic mass is 35.5. The van der Waals surface area contributed by atoms with E-state index in [0.29, 0.717) is 24.8 Å². The van der Waals surface area contributed by atoms with Gasteiger partial charge in [-0.1, -0.05) is 17.7 Å². The van der Waals surface area contributed by atoms with Crippen molar-refractivity contribution < 1.29 is 5.03 Å². The SMILES string of the molecule is O=[N+]([O-])NC1NCCN1Cc1ncccc1-c1ccc(Cl)nc1. The second-order valence-electron chi connectivity index (χ2n) is 5.08. The summed E-state index contributed by atoms with van der Waals surface area (Å²) < 4.78 is 0. The van der Waals surface area contributed by atoms with Gasteiger partial charge in [-0.3, -0.25) is 15.2 Å². The van der Waals surface area contributed by atoms with Gasteiger partial charge < -0.3 is 0 Å². The zero-order chi connectivity index (χ0) is 16.2. The van der Waals surface area contributed by atoms with Crippen LogP contribution in [0.15, 0.2) is 36.7 Å². The van der Waals surface area contributed by atoms with Crippen molar-refractivity contribution in [3.63, 3.8) is 0 Å². The van der Waals surface area contributed by atoms with E-state index in [1.54, 1.807) is 18.5 Å². The molecule has 2 N–H and O–H groups in total. The van der Waals surface area contributed by atoms with E-state index in [-0.39, 0.29) is 0 Å². The largest absolute Gasteiger partial charge is 0.279 e. The first-order valence-electron chi connectivity index (χ1n) is 7.07. The third-order valence-corrected chi connectivity index (χ3v) is 3.83. The van der Waals surface area contributed by atoms with Gasteiger partial charge >= 0.3 is 0 Å². The lowest BCUT2D eigenvalue weighted by Crippen LogP contribution is -2.49. The van der Waals surface area contributed by atoms with Gasteiger partial charge in [-0.25, -0.2) is 15.1 Å². The number of hydrogen-bond donors (Lipinski definition) is 2. The minimum absolute atomic E-state index is 0.429. The van der Waals surface area contributed by atoms with Crippen LogP contribution in [0, 0.1) is 10.1 Å². The van der Waals surface area contributed by atoms with Crippen LogP contribution in [0.3, 0.4) is 0 Å². The first kappa shape index (κ1) is 15.6. The Labute approximate surface area is 137 Å². The lowest BCUT2D eigenvalue weighted by molar-refractivity contribution is -0.556. The molecule has 1 aliphatic rings. The van der Waals surface area contributed by atoms with Crippen molar-refractivity contribution in [1.82, 2.24) is 25.6 Å². The summed E-state index contributed by atoms with van der Waals surface area (Å²) in [6.45, 7) is 1.86. The fourth-order valence-corrected chi connectivity index (χ4v) is 2.67. The Hall–Kier alpha value is -2.29. The second kappa shape index (κ2) is 6.86. The number of pyridine rings is 2. The Kier molecular flexibility index (Phi) is 4.65. The maximum absolute atomic E-state index is 10.7. The Morgan fingerprint density at radius 1 is 1.43 bits per heavy atom. The van der Waals surface area contributed by atoms with Crippen molar-refractivity contribution in [2.24, 2.45) is 0 Å². The van der Waals surface area contributed by atoms with Gasteiger partial charge in [-0.15, -0.1) is 5.43 Å². The molecule has 0 aliphatic carbocycles. The van der Waals surface area contributed by atoms with Gasteiger partial charge in [-0.2, -0.15) is 0 Å². The average Bonchev–Trinajstić information content (AvgIpc) is 2.95. The Morgan fingerprint density at radius 3 is 3.04 bits per heavy atom. The third kappa shape index (κ3) is 3.73. The molecule has 0 saturated carbocycles. The average molecular weight is 335 g/mol. The maximum atomic E-state index is 10.7. The zero-order valence-electron chi connectivity index (χ0n) is 12.1. The molecule has 8 nitrogen and oxygen atoms in total. The number of nitrogens with zero attached hydrogens (tertiary/aromatic N) is 4. The van der Waals surface area contributed by atoms with E-state index < -0.39 is 11.3 Å². The van der Waals surface area contributed by atoms with E-state index in [1.165, 1.54) is 0 Å². The number of halogens is 1. The Morgan fingerprint density at radius 2 is 2.30 bits per heavy atom. The van der Waals surface area contributed by atoms with E-state index in [2.05, 4.69) is 20.7 Å². The molecule has 1 unspecified atom stereocenters. The fraction of sp³-hybridized carbons (Fsp3) is 0.286. The summed E-state index contributed by atoms with van der Waals surface area (Å²) >= 11 is 5.83. The predicted octanol–water partition coefficient (Wildman–Crippen LogP) is 1.27. The molecule has 9 heteroatoms. The summed E-state index contributed by atoms with van der Waals surface area (Å²) in [5.41, 5.74) is 4.93. The summed E-state index contributed by atoms with van der Waals surface area (Å²) in [5.74, 6) is 0. The van der Waals surface area contributed by atoms with Crippen molar-refractivity contribution in [3.8, 4) is 11.1 Å². The maximum Gasteiger partial charge on any atom is 0.192 e. The van der Waals surface area contributed by atoms with Crippen LogP contribution in [-0.2, 0) is 6.54 Å². The van der Waals surface area contributed by atoms with Crippen molar-refractivity contribution in [2.75, 3.05) is 13.1 Å². The molecule has 0 radical (unpaired) electrons. The quantitative estimate of drug-likeness (QED) is 0.483. The summed E-state index contributed by atoms with van der Waals surface area (Å²) in [7, 11) is 0. The molecule has 0 spiro atoms. The number of hydrazine groups is 1. The molecule has 2 aromatic heterocycles. The van der Waals surface area contributed by atoms with E-state index in [1.807, 2.05) is 23.1 Å². The molecule has 3 rings (SSSR count). The van der Waals surface area contributed by atoms with Crippen LogP contribution in [-0.4, -0.2) is 39.3 Å². The molecule has 3 heterocycles. The Bertz CT molecular complexity index is 696. The number of nitrogens with one attached hydrogen (secondary N) is 2. The van der Waals surface area contributed by atoms with Crippen molar-refractivity contribution >= 4 is 11.6 Å². The van der Waals surface area contributed by atoms with Gasteiger partial charge in [0, 0.05) is 43.2 Å². The molecule has 1 atom stereocenters. The van der Waals surface area contributed by atoms with Crippen LogP contribution in [0.4, 0.5) is 0 Å².